The lowest BCUT2D eigenvalue weighted by atomic mass is 10.0. The summed E-state index contributed by atoms with van der Waals surface area (Å²) in [5.74, 6) is 1.31. The molecule has 0 fully saturated rings. The zero-order valence-electron chi connectivity index (χ0n) is 12.8. The van der Waals surface area contributed by atoms with Gasteiger partial charge < -0.3 is 5.11 Å². The van der Waals surface area contributed by atoms with E-state index in [9.17, 15) is 5.11 Å². The number of aryl methyl sites for hydroxylation is 2. The molecular weight excluding hydrogens is 254 g/mol. The van der Waals surface area contributed by atoms with E-state index >= 15 is 0 Å². The highest BCUT2D eigenvalue weighted by atomic mass is 16.3. The fraction of sp³-hybridized carbons (Fsp3) is 0.643. The Morgan fingerprint density at radius 3 is 2.55 bits per heavy atom. The summed E-state index contributed by atoms with van der Waals surface area (Å²) in [7, 11) is 1.89. The van der Waals surface area contributed by atoms with Gasteiger partial charge in [-0.3, -0.25) is 4.68 Å². The lowest BCUT2D eigenvalue weighted by molar-refractivity contribution is 0.172. The maximum Gasteiger partial charge on any atom is 0.138 e. The van der Waals surface area contributed by atoms with E-state index in [4.69, 9.17) is 0 Å². The van der Waals surface area contributed by atoms with Crippen molar-refractivity contribution in [2.45, 2.75) is 46.8 Å². The fourth-order valence-corrected chi connectivity index (χ4v) is 2.49. The van der Waals surface area contributed by atoms with Gasteiger partial charge in [-0.05, 0) is 19.8 Å². The predicted molar refractivity (Wildman–Crippen MR) is 76.2 cm³/mol. The van der Waals surface area contributed by atoms with Crippen molar-refractivity contribution in [1.82, 2.24) is 24.5 Å². The molecule has 1 atom stereocenters. The number of nitrogens with zero attached hydrogens (tertiary/aromatic N) is 5. The lowest BCUT2D eigenvalue weighted by Gasteiger charge is -2.13. The Bertz CT molecular complexity index is 584. The molecule has 0 aliphatic carbocycles. The smallest absolute Gasteiger partial charge is 0.138 e. The monoisotopic (exact) mass is 277 g/mol. The first kappa shape index (κ1) is 14.7. The third kappa shape index (κ3) is 2.90. The second-order valence-electron chi connectivity index (χ2n) is 5.68. The molecule has 0 radical (unpaired) electrons. The van der Waals surface area contributed by atoms with Crippen LogP contribution in [0.5, 0.6) is 0 Å². The zero-order chi connectivity index (χ0) is 14.9. The first-order valence-electron chi connectivity index (χ1n) is 6.95. The summed E-state index contributed by atoms with van der Waals surface area (Å²) in [6.07, 6.45) is 1.41. The molecule has 110 valence electrons. The molecule has 6 nitrogen and oxygen atoms in total. The van der Waals surface area contributed by atoms with Crippen molar-refractivity contribution >= 4 is 0 Å². The van der Waals surface area contributed by atoms with E-state index in [1.165, 1.54) is 0 Å². The molecule has 20 heavy (non-hydrogen) atoms. The quantitative estimate of drug-likeness (QED) is 0.900. The van der Waals surface area contributed by atoms with Crippen LogP contribution in [0.2, 0.25) is 0 Å². The Morgan fingerprint density at radius 2 is 2.00 bits per heavy atom. The van der Waals surface area contributed by atoms with Crippen molar-refractivity contribution in [3.8, 4) is 0 Å². The molecule has 2 aromatic heterocycles. The Hall–Kier alpha value is -1.69. The van der Waals surface area contributed by atoms with Gasteiger partial charge >= 0.3 is 0 Å². The molecule has 1 unspecified atom stereocenters. The summed E-state index contributed by atoms with van der Waals surface area (Å²) in [6.45, 7) is 8.98. The average molecular weight is 277 g/mol. The number of rotatable bonds is 5. The van der Waals surface area contributed by atoms with Crippen molar-refractivity contribution in [2.75, 3.05) is 0 Å². The molecule has 0 bridgehead atoms. The van der Waals surface area contributed by atoms with Gasteiger partial charge in [-0.25, -0.2) is 9.67 Å². The van der Waals surface area contributed by atoms with Gasteiger partial charge in [-0.15, -0.1) is 0 Å². The third-order valence-corrected chi connectivity index (χ3v) is 3.51. The molecule has 6 heteroatoms. The van der Waals surface area contributed by atoms with Crippen molar-refractivity contribution in [1.29, 1.82) is 0 Å². The van der Waals surface area contributed by atoms with Crippen molar-refractivity contribution < 1.29 is 5.11 Å². The molecule has 2 aromatic rings. The lowest BCUT2D eigenvalue weighted by Crippen LogP contribution is -2.14. The molecule has 0 saturated heterocycles. The molecule has 0 aliphatic heterocycles. The van der Waals surface area contributed by atoms with Gasteiger partial charge in [0.25, 0.3) is 0 Å². The first-order chi connectivity index (χ1) is 9.40. The molecule has 2 heterocycles. The van der Waals surface area contributed by atoms with E-state index in [2.05, 4.69) is 29.0 Å². The van der Waals surface area contributed by atoms with Gasteiger partial charge in [-0.2, -0.15) is 10.2 Å². The second kappa shape index (κ2) is 5.75. The van der Waals surface area contributed by atoms with Gasteiger partial charge in [0.1, 0.15) is 12.2 Å². The normalized spacial score (nSPS) is 13.2. The second-order valence-corrected chi connectivity index (χ2v) is 5.68. The van der Waals surface area contributed by atoms with Crippen LogP contribution in [0.3, 0.4) is 0 Å². The number of aromatic nitrogens is 5. The van der Waals surface area contributed by atoms with E-state index in [1.54, 1.807) is 11.0 Å². The summed E-state index contributed by atoms with van der Waals surface area (Å²) >= 11 is 0. The highest BCUT2D eigenvalue weighted by Gasteiger charge is 2.20. The van der Waals surface area contributed by atoms with Crippen LogP contribution in [0.25, 0.3) is 0 Å². The van der Waals surface area contributed by atoms with E-state index in [-0.39, 0.29) is 0 Å². The number of aliphatic hydroxyl groups excluding tert-OH is 1. The van der Waals surface area contributed by atoms with Crippen LogP contribution in [0, 0.1) is 19.8 Å². The van der Waals surface area contributed by atoms with E-state index in [0.29, 0.717) is 12.3 Å². The molecule has 0 aromatic carbocycles. The summed E-state index contributed by atoms with van der Waals surface area (Å²) < 4.78 is 3.67. The van der Waals surface area contributed by atoms with Gasteiger partial charge in [0.2, 0.25) is 0 Å². The van der Waals surface area contributed by atoms with Crippen LogP contribution in [0.15, 0.2) is 6.33 Å². The highest BCUT2D eigenvalue weighted by Crippen LogP contribution is 2.23. The van der Waals surface area contributed by atoms with E-state index in [0.717, 1.165) is 29.3 Å². The molecule has 1 N–H and O–H groups in total. The van der Waals surface area contributed by atoms with Gasteiger partial charge in [0.15, 0.2) is 0 Å². The number of aliphatic hydroxyl groups is 1. The van der Waals surface area contributed by atoms with Crippen molar-refractivity contribution in [3.05, 3.63) is 29.1 Å². The number of hydrogen-bond acceptors (Lipinski definition) is 4. The van der Waals surface area contributed by atoms with Crippen LogP contribution in [0.4, 0.5) is 0 Å². The number of hydrogen-bond donors (Lipinski definition) is 1. The van der Waals surface area contributed by atoms with Crippen LogP contribution in [0.1, 0.15) is 42.7 Å². The van der Waals surface area contributed by atoms with Crippen molar-refractivity contribution in [3.63, 3.8) is 0 Å². The fourth-order valence-electron chi connectivity index (χ4n) is 2.49. The maximum absolute atomic E-state index is 10.5. The van der Waals surface area contributed by atoms with Gasteiger partial charge in [-0.1, -0.05) is 13.8 Å². The topological polar surface area (TPSA) is 68.8 Å². The summed E-state index contributed by atoms with van der Waals surface area (Å²) in [4.78, 5) is 4.27. The van der Waals surface area contributed by atoms with E-state index in [1.807, 2.05) is 25.6 Å². The van der Waals surface area contributed by atoms with Crippen LogP contribution < -0.4 is 0 Å². The maximum atomic E-state index is 10.5. The molecule has 0 spiro atoms. The van der Waals surface area contributed by atoms with Crippen LogP contribution >= 0.6 is 0 Å². The minimum absolute atomic E-state index is 0.458. The van der Waals surface area contributed by atoms with Crippen LogP contribution in [-0.2, 0) is 20.0 Å². The largest absolute Gasteiger partial charge is 0.388 e. The minimum Gasteiger partial charge on any atom is -0.388 e. The molecule has 0 amide bonds. The summed E-state index contributed by atoms with van der Waals surface area (Å²) in [5, 5.41) is 19.1. The highest BCUT2D eigenvalue weighted by molar-refractivity contribution is 5.27. The molecule has 2 rings (SSSR count). The summed E-state index contributed by atoms with van der Waals surface area (Å²) in [6, 6.07) is 0. The predicted octanol–water partition coefficient (Wildman–Crippen LogP) is 1.56. The van der Waals surface area contributed by atoms with Crippen molar-refractivity contribution in [2.24, 2.45) is 13.0 Å². The van der Waals surface area contributed by atoms with Gasteiger partial charge in [0, 0.05) is 31.3 Å². The van der Waals surface area contributed by atoms with E-state index < -0.39 is 6.10 Å². The molecule has 0 aliphatic rings. The zero-order valence-corrected chi connectivity index (χ0v) is 12.8. The molecule has 0 saturated carbocycles. The SMILES string of the molecule is Cc1nn(C)c(C)c1C(O)Cc1ncnn1CC(C)C. The standard InChI is InChI=1S/C14H23N5O/c1-9(2)7-19-13(15-8-16-19)6-12(20)14-10(3)17-18(5)11(14)4/h8-9,12,20H,6-7H2,1-5H3. The Labute approximate surface area is 119 Å². The minimum atomic E-state index is -0.598. The Kier molecular flexibility index (Phi) is 4.23. The first-order valence-corrected chi connectivity index (χ1v) is 6.95. The van der Waals surface area contributed by atoms with Gasteiger partial charge in [0.05, 0.1) is 11.8 Å². The third-order valence-electron chi connectivity index (χ3n) is 3.51. The summed E-state index contributed by atoms with van der Waals surface area (Å²) in [5.41, 5.74) is 2.75. The Morgan fingerprint density at radius 1 is 1.30 bits per heavy atom. The molecular formula is C14H23N5O. The average Bonchev–Trinajstić information content (AvgIpc) is 2.85. The van der Waals surface area contributed by atoms with Crippen LogP contribution in [-0.4, -0.2) is 29.7 Å². The Balaban J connectivity index is 2.19.